The van der Waals surface area contributed by atoms with Gasteiger partial charge in [0.2, 0.25) is 0 Å². The van der Waals surface area contributed by atoms with Crippen molar-refractivity contribution in [2.24, 2.45) is 0 Å². The third-order valence-corrected chi connectivity index (χ3v) is 14.4. The van der Waals surface area contributed by atoms with E-state index < -0.39 is 0 Å². The van der Waals surface area contributed by atoms with Crippen LogP contribution in [0.5, 0.6) is 0 Å². The van der Waals surface area contributed by atoms with Crippen LogP contribution in [-0.2, 0) is 0 Å². The predicted molar refractivity (Wildman–Crippen MR) is 268 cm³/mol. The van der Waals surface area contributed by atoms with Crippen molar-refractivity contribution in [2.45, 2.75) is 12.0 Å². The number of benzene rings is 9. The smallest absolute Gasteiger partial charge is 0.0973 e. The Morgan fingerprint density at radius 2 is 1.05 bits per heavy atom. The van der Waals surface area contributed by atoms with Gasteiger partial charge in [0, 0.05) is 61.2 Å². The quantitative estimate of drug-likeness (QED) is 0.177. The second-order valence-corrected chi connectivity index (χ2v) is 17.7. The Morgan fingerprint density at radius 1 is 0.415 bits per heavy atom. The van der Waals surface area contributed by atoms with Gasteiger partial charge in [-0.05, 0) is 101 Å². The van der Waals surface area contributed by atoms with Gasteiger partial charge in [0.15, 0.2) is 0 Å². The lowest BCUT2D eigenvalue weighted by Crippen LogP contribution is -2.34. The van der Waals surface area contributed by atoms with Crippen LogP contribution in [0, 0.1) is 0 Å². The van der Waals surface area contributed by atoms with Crippen LogP contribution in [0.2, 0.25) is 0 Å². The van der Waals surface area contributed by atoms with Crippen molar-refractivity contribution in [1.82, 2.24) is 19.1 Å². The minimum atomic E-state index is 0.0571. The highest BCUT2D eigenvalue weighted by Gasteiger charge is 2.49. The Morgan fingerprint density at radius 3 is 1.86 bits per heavy atom. The summed E-state index contributed by atoms with van der Waals surface area (Å²) in [6.07, 6.45) is 2.50. The fourth-order valence-electron chi connectivity index (χ4n) is 11.7. The van der Waals surface area contributed by atoms with E-state index in [1.54, 1.807) is 0 Å². The Hall–Kier alpha value is -8.54. The summed E-state index contributed by atoms with van der Waals surface area (Å²) < 4.78 is 4.92. The summed E-state index contributed by atoms with van der Waals surface area (Å²) in [5, 5.41) is 6.31. The summed E-state index contributed by atoms with van der Waals surface area (Å²) in [7, 11) is 0. The van der Waals surface area contributed by atoms with Crippen LogP contribution < -0.4 is 4.90 Å². The minimum Gasteiger partial charge on any atom is -0.332 e. The topological polar surface area (TPSA) is 38.9 Å². The Bertz CT molecular complexity index is 4020. The maximum absolute atomic E-state index is 5.38. The molecule has 5 heteroatoms. The van der Waals surface area contributed by atoms with Gasteiger partial charge in [0.05, 0.1) is 56.6 Å². The van der Waals surface area contributed by atoms with Crippen LogP contribution in [0.25, 0.3) is 100 Å². The number of anilines is 2. The second kappa shape index (κ2) is 13.0. The molecule has 0 spiro atoms. The molecule has 2 unspecified atom stereocenters. The van der Waals surface area contributed by atoms with E-state index in [0.29, 0.717) is 0 Å². The lowest BCUT2D eigenvalue weighted by Gasteiger charge is -2.35. The van der Waals surface area contributed by atoms with E-state index in [1.807, 2.05) is 12.1 Å². The molecule has 5 nitrogen and oxygen atoms in total. The predicted octanol–water partition coefficient (Wildman–Crippen LogP) is 14.7. The second-order valence-electron chi connectivity index (χ2n) is 17.7. The molecule has 3 aliphatic rings. The van der Waals surface area contributed by atoms with Gasteiger partial charge in [0.1, 0.15) is 0 Å². The first-order valence-corrected chi connectivity index (χ1v) is 22.5. The number of para-hydroxylation sites is 6. The van der Waals surface area contributed by atoms with Gasteiger partial charge in [-0.2, -0.15) is 0 Å². The van der Waals surface area contributed by atoms with Gasteiger partial charge in [0.25, 0.3) is 0 Å². The number of rotatable bonds is 4. The minimum absolute atomic E-state index is 0.0571. The molecular formula is C60H37N5. The molecular weight excluding hydrogens is 791 g/mol. The summed E-state index contributed by atoms with van der Waals surface area (Å²) in [4.78, 5) is 13.4. The zero-order valence-corrected chi connectivity index (χ0v) is 35.1. The SMILES string of the molecule is C1=C2c3ccccc3N(c3ccc(-c4nc5ccccc5nc4-c4ccc5c(c4)c4ccccc4n5-c4ccccc4)cc3)C2C2c3c(ccc4ccccc34)-n3c2c1c1ccccc13. The largest absolute Gasteiger partial charge is 0.332 e. The molecule has 302 valence electrons. The third kappa shape index (κ3) is 4.76. The molecule has 12 aromatic rings. The van der Waals surface area contributed by atoms with Crippen molar-refractivity contribution in [3.63, 3.8) is 0 Å². The molecule has 0 saturated carbocycles. The highest BCUT2D eigenvalue weighted by atomic mass is 15.2. The summed E-state index contributed by atoms with van der Waals surface area (Å²) >= 11 is 0. The highest BCUT2D eigenvalue weighted by molar-refractivity contribution is 6.12. The van der Waals surface area contributed by atoms with Crippen molar-refractivity contribution in [2.75, 3.05) is 4.90 Å². The number of nitrogens with zero attached hydrogens (tertiary/aromatic N) is 5. The number of hydrogen-bond donors (Lipinski definition) is 0. The molecule has 2 atom stereocenters. The maximum atomic E-state index is 5.38. The van der Waals surface area contributed by atoms with Gasteiger partial charge < -0.3 is 14.0 Å². The van der Waals surface area contributed by atoms with Crippen LogP contribution in [0.3, 0.4) is 0 Å². The molecule has 0 amide bonds. The molecule has 2 aliphatic heterocycles. The van der Waals surface area contributed by atoms with Crippen molar-refractivity contribution < 1.29 is 0 Å². The van der Waals surface area contributed by atoms with Crippen molar-refractivity contribution in [3.05, 3.63) is 229 Å². The van der Waals surface area contributed by atoms with Crippen molar-refractivity contribution in [1.29, 1.82) is 0 Å². The lowest BCUT2D eigenvalue weighted by molar-refractivity contribution is 0.708. The van der Waals surface area contributed by atoms with E-state index in [9.17, 15) is 0 Å². The van der Waals surface area contributed by atoms with Gasteiger partial charge in [-0.25, -0.2) is 9.97 Å². The molecule has 15 rings (SSSR count). The molecule has 1 aliphatic carbocycles. The molecule has 0 radical (unpaired) electrons. The fourth-order valence-corrected chi connectivity index (χ4v) is 11.7. The Balaban J connectivity index is 0.903. The molecule has 0 fully saturated rings. The fraction of sp³-hybridized carbons (Fsp3) is 0.0333. The number of hydrogen-bond acceptors (Lipinski definition) is 3. The average molecular weight is 828 g/mol. The molecule has 65 heavy (non-hydrogen) atoms. The molecule has 9 aromatic carbocycles. The summed E-state index contributed by atoms with van der Waals surface area (Å²) in [5.41, 5.74) is 20.8. The van der Waals surface area contributed by atoms with Gasteiger partial charge in [-0.1, -0.05) is 133 Å². The van der Waals surface area contributed by atoms with Crippen LogP contribution in [-0.4, -0.2) is 25.1 Å². The molecule has 0 bridgehead atoms. The third-order valence-electron chi connectivity index (χ3n) is 14.4. The average Bonchev–Trinajstić information content (AvgIpc) is 4.10. The standard InChI is InChI=1S/C60H37N5/c1-2-15-39(16-3-1)63-50-23-11-6-18-42(50)45-34-38(29-32-53(45)63)58-57(61-48-21-9-10-22-49(48)62-58)37-26-30-40(31-27-37)64-51-24-12-7-19-43(51)46-35-47-44-20-8-13-25-52(44)65-54-33-28-36-14-4-5-17-41(36)55(54)56(59(46)64)60(47)65/h1-35,56,59H. The first-order chi connectivity index (χ1) is 32.3. The molecule has 0 N–H and O–H groups in total. The monoisotopic (exact) mass is 827 g/mol. The van der Waals surface area contributed by atoms with E-state index >= 15 is 0 Å². The Kier molecular flexibility index (Phi) is 7.00. The van der Waals surface area contributed by atoms with E-state index in [2.05, 4.69) is 214 Å². The van der Waals surface area contributed by atoms with E-state index in [-0.39, 0.29) is 12.0 Å². The molecule has 0 saturated heterocycles. The zero-order chi connectivity index (χ0) is 42.3. The maximum Gasteiger partial charge on any atom is 0.0973 e. The normalized spacial score (nSPS) is 15.8. The lowest BCUT2D eigenvalue weighted by atomic mass is 9.77. The number of fused-ring (bicyclic) bond motifs is 16. The first kappa shape index (κ1) is 35.0. The van der Waals surface area contributed by atoms with Crippen LogP contribution in [0.1, 0.15) is 28.3 Å². The van der Waals surface area contributed by atoms with Gasteiger partial charge in [-0.3, -0.25) is 0 Å². The van der Waals surface area contributed by atoms with Crippen molar-refractivity contribution in [3.8, 4) is 33.9 Å². The molecule has 3 aromatic heterocycles. The van der Waals surface area contributed by atoms with Crippen LogP contribution in [0.15, 0.2) is 206 Å². The van der Waals surface area contributed by atoms with Crippen LogP contribution >= 0.6 is 0 Å². The zero-order valence-electron chi connectivity index (χ0n) is 35.1. The first-order valence-electron chi connectivity index (χ1n) is 22.5. The van der Waals surface area contributed by atoms with Crippen LogP contribution in [0.4, 0.5) is 11.4 Å². The summed E-state index contributed by atoms with van der Waals surface area (Å²) in [5.74, 6) is 0.117. The van der Waals surface area contributed by atoms with E-state index in [1.165, 1.54) is 77.3 Å². The van der Waals surface area contributed by atoms with Gasteiger partial charge in [-0.15, -0.1) is 0 Å². The van der Waals surface area contributed by atoms with E-state index in [4.69, 9.17) is 9.97 Å². The summed E-state index contributed by atoms with van der Waals surface area (Å²) in [6.45, 7) is 0. The molecule has 5 heterocycles. The van der Waals surface area contributed by atoms with Gasteiger partial charge >= 0.3 is 0 Å². The number of aromatic nitrogens is 4. The highest BCUT2D eigenvalue weighted by Crippen LogP contribution is 2.60. The summed E-state index contributed by atoms with van der Waals surface area (Å²) in [6, 6.07) is 75.0. The Labute approximate surface area is 374 Å². The van der Waals surface area contributed by atoms with E-state index in [0.717, 1.165) is 50.4 Å². The van der Waals surface area contributed by atoms with Crippen molar-refractivity contribution >= 4 is 77.5 Å².